The summed E-state index contributed by atoms with van der Waals surface area (Å²) in [4.78, 5) is 55.8. The van der Waals surface area contributed by atoms with Crippen LogP contribution in [0.15, 0.2) is 72.8 Å². The first kappa shape index (κ1) is 43.0. The molecule has 0 aliphatic carbocycles. The molecule has 4 aromatic rings. The molecule has 0 saturated heterocycles. The van der Waals surface area contributed by atoms with Crippen molar-refractivity contribution in [2.75, 3.05) is 23.8 Å². The van der Waals surface area contributed by atoms with Gasteiger partial charge in [-0.2, -0.15) is 10.5 Å². The molecule has 5 N–H and O–H groups in total. The van der Waals surface area contributed by atoms with Crippen LogP contribution < -0.4 is 20.1 Å². The van der Waals surface area contributed by atoms with Gasteiger partial charge in [-0.25, -0.2) is 8.78 Å². The van der Waals surface area contributed by atoms with Crippen molar-refractivity contribution in [1.29, 1.82) is 10.5 Å². The van der Waals surface area contributed by atoms with E-state index in [0.717, 1.165) is 37.3 Å². The molecule has 2 atom stereocenters. The van der Waals surface area contributed by atoms with E-state index in [9.17, 15) is 58.7 Å². The van der Waals surface area contributed by atoms with Crippen LogP contribution in [0, 0.1) is 54.5 Å². The summed E-state index contributed by atoms with van der Waals surface area (Å²) in [6, 6.07) is 17.1. The third kappa shape index (κ3) is 11.3. The standard InChI is InChI=1S/C18H16FN3O6.C18H14FN3O6/c2*1-18(25,10-28-14-4-2-11(8-20)15(19)7-14)17(24)21-13-3-5-16(22(26)27)12(6-13)9-23/h2-7,23,25H,9-10H2,1H3,(H,21,24);2-7,9,25H,10H2,1H3,(H,21,24). The molecule has 0 saturated carbocycles. The van der Waals surface area contributed by atoms with Gasteiger partial charge in [0, 0.05) is 35.6 Å². The highest BCUT2D eigenvalue weighted by Crippen LogP contribution is 2.25. The number of rotatable bonds is 14. The number of nitrogens with zero attached hydrogens (tertiary/aromatic N) is 4. The molecule has 0 fully saturated rings. The van der Waals surface area contributed by atoms with E-state index in [4.69, 9.17) is 20.0 Å². The molecule has 2 unspecified atom stereocenters. The Kier molecular flexibility index (Phi) is 14.3. The number of nitriles is 2. The average Bonchev–Trinajstić information content (AvgIpc) is 3.16. The number of nitro benzene ring substituents is 2. The zero-order chi connectivity index (χ0) is 41.8. The van der Waals surface area contributed by atoms with Gasteiger partial charge in [0.25, 0.3) is 23.2 Å². The average molecular weight is 777 g/mol. The lowest BCUT2D eigenvalue weighted by Crippen LogP contribution is -2.45. The topological polar surface area (TPSA) is 288 Å². The molecule has 0 bridgehead atoms. The van der Waals surface area contributed by atoms with Crippen LogP contribution in [-0.4, -0.2) is 67.7 Å². The molecule has 0 radical (unpaired) electrons. The third-order valence-corrected chi connectivity index (χ3v) is 7.45. The quantitative estimate of drug-likeness (QED) is 0.0686. The largest absolute Gasteiger partial charge is 0.490 e. The lowest BCUT2D eigenvalue weighted by atomic mass is 10.1. The zero-order valence-electron chi connectivity index (χ0n) is 29.2. The van der Waals surface area contributed by atoms with Crippen LogP contribution in [0.2, 0.25) is 0 Å². The van der Waals surface area contributed by atoms with Crippen LogP contribution >= 0.6 is 0 Å². The molecule has 0 heterocycles. The summed E-state index contributed by atoms with van der Waals surface area (Å²) in [5.74, 6) is -3.37. The summed E-state index contributed by atoms with van der Waals surface area (Å²) >= 11 is 0. The Labute approximate surface area is 315 Å². The second kappa shape index (κ2) is 18.6. The Balaban J connectivity index is 0.000000300. The molecule has 20 heteroatoms. The van der Waals surface area contributed by atoms with Crippen molar-refractivity contribution in [2.24, 2.45) is 0 Å². The summed E-state index contributed by atoms with van der Waals surface area (Å²) in [6.45, 7) is 0.639. The number of aliphatic hydroxyl groups is 3. The first-order chi connectivity index (χ1) is 26.3. The van der Waals surface area contributed by atoms with Gasteiger partial charge >= 0.3 is 0 Å². The molecule has 0 aliphatic rings. The van der Waals surface area contributed by atoms with Crippen molar-refractivity contribution >= 4 is 40.9 Å². The molecule has 18 nitrogen and oxygen atoms in total. The normalized spacial score (nSPS) is 12.4. The first-order valence-electron chi connectivity index (χ1n) is 15.7. The number of carbonyl (C=O) groups excluding carboxylic acids is 3. The highest BCUT2D eigenvalue weighted by Gasteiger charge is 2.33. The Morgan fingerprint density at radius 3 is 1.57 bits per heavy atom. The smallest absolute Gasteiger partial charge is 0.280 e. The number of amides is 2. The molecule has 2 amide bonds. The number of anilines is 2. The van der Waals surface area contributed by atoms with Crippen LogP contribution in [0.5, 0.6) is 11.5 Å². The van der Waals surface area contributed by atoms with Crippen LogP contribution in [-0.2, 0) is 16.2 Å². The second-order valence-electron chi connectivity index (χ2n) is 11.9. The van der Waals surface area contributed by atoms with Crippen molar-refractivity contribution < 1.29 is 57.8 Å². The van der Waals surface area contributed by atoms with Gasteiger partial charge in [-0.05, 0) is 62.4 Å². The Hall–Kier alpha value is -7.39. The van der Waals surface area contributed by atoms with Gasteiger partial charge in [0.15, 0.2) is 17.5 Å². The number of benzene rings is 4. The van der Waals surface area contributed by atoms with E-state index in [-0.39, 0.29) is 57.1 Å². The molecule has 4 rings (SSSR count). The molecule has 0 aliphatic heterocycles. The van der Waals surface area contributed by atoms with Gasteiger partial charge in [-0.3, -0.25) is 34.6 Å². The summed E-state index contributed by atoms with van der Waals surface area (Å²) in [5, 5.41) is 73.5. The Bertz CT molecular complexity index is 2250. The predicted molar refractivity (Wildman–Crippen MR) is 189 cm³/mol. The lowest BCUT2D eigenvalue weighted by molar-refractivity contribution is -0.385. The van der Waals surface area contributed by atoms with E-state index in [2.05, 4.69) is 10.6 Å². The van der Waals surface area contributed by atoms with Crippen LogP contribution in [0.3, 0.4) is 0 Å². The van der Waals surface area contributed by atoms with Gasteiger partial charge in [0.1, 0.15) is 48.5 Å². The number of nitro groups is 2. The lowest BCUT2D eigenvalue weighted by Gasteiger charge is -2.22. The molecule has 56 heavy (non-hydrogen) atoms. The zero-order valence-corrected chi connectivity index (χ0v) is 29.2. The van der Waals surface area contributed by atoms with E-state index >= 15 is 0 Å². The van der Waals surface area contributed by atoms with E-state index in [0.29, 0.717) is 0 Å². The van der Waals surface area contributed by atoms with Crippen molar-refractivity contribution in [1.82, 2.24) is 0 Å². The minimum absolute atomic E-state index is 0.00292. The third-order valence-electron chi connectivity index (χ3n) is 7.45. The van der Waals surface area contributed by atoms with E-state index in [1.807, 2.05) is 0 Å². The monoisotopic (exact) mass is 776 g/mol. The van der Waals surface area contributed by atoms with Crippen molar-refractivity contribution in [2.45, 2.75) is 31.7 Å². The second-order valence-corrected chi connectivity index (χ2v) is 11.9. The number of halogens is 2. The van der Waals surface area contributed by atoms with Crippen LogP contribution in [0.25, 0.3) is 0 Å². The Morgan fingerprint density at radius 2 is 1.20 bits per heavy atom. The van der Waals surface area contributed by atoms with E-state index < -0.39 is 70.0 Å². The number of hydrogen-bond acceptors (Lipinski definition) is 14. The van der Waals surface area contributed by atoms with Crippen molar-refractivity contribution in [3.05, 3.63) is 127 Å². The fourth-order valence-electron chi connectivity index (χ4n) is 4.32. The number of aliphatic hydroxyl groups excluding tert-OH is 1. The number of hydrogen-bond donors (Lipinski definition) is 5. The minimum Gasteiger partial charge on any atom is -0.490 e. The summed E-state index contributed by atoms with van der Waals surface area (Å²) in [5.41, 5.74) is -5.22. The van der Waals surface area contributed by atoms with Crippen molar-refractivity contribution in [3.8, 4) is 23.6 Å². The number of nitrogens with one attached hydrogen (secondary N) is 2. The number of aldehydes is 1. The molecule has 0 spiro atoms. The fourth-order valence-corrected chi connectivity index (χ4v) is 4.32. The maximum absolute atomic E-state index is 13.6. The van der Waals surface area contributed by atoms with Crippen LogP contribution in [0.1, 0.15) is 40.9 Å². The maximum Gasteiger partial charge on any atom is 0.280 e. The Morgan fingerprint density at radius 1 is 0.768 bits per heavy atom. The SMILES string of the molecule is CC(O)(COc1ccc(C#N)c(F)c1)C(=O)Nc1ccc([N+](=O)[O-])c(C=O)c1.CC(O)(COc1ccc(C#N)c(F)c1)C(=O)Nc1ccc([N+](=O)[O-])c(CO)c1. The van der Waals surface area contributed by atoms with Gasteiger partial charge in [0.2, 0.25) is 0 Å². The molecular formula is C36H30F2N6O12. The number of ether oxygens (including phenoxy) is 2. The minimum atomic E-state index is -2.05. The van der Waals surface area contributed by atoms with Crippen molar-refractivity contribution in [3.63, 3.8) is 0 Å². The maximum atomic E-state index is 13.6. The van der Waals surface area contributed by atoms with E-state index in [1.54, 1.807) is 12.1 Å². The number of carbonyl (C=O) groups is 3. The fraction of sp³-hybridized carbons (Fsp3) is 0.194. The molecular weight excluding hydrogens is 746 g/mol. The molecule has 4 aromatic carbocycles. The van der Waals surface area contributed by atoms with E-state index in [1.165, 1.54) is 49.4 Å². The van der Waals surface area contributed by atoms with Gasteiger partial charge in [-0.1, -0.05) is 0 Å². The predicted octanol–water partition coefficient (Wildman–Crippen LogP) is 4.05. The molecule has 290 valence electrons. The van der Waals surface area contributed by atoms with Gasteiger partial charge < -0.3 is 35.4 Å². The van der Waals surface area contributed by atoms with Gasteiger partial charge in [0.05, 0.1) is 38.7 Å². The first-order valence-corrected chi connectivity index (χ1v) is 15.7. The summed E-state index contributed by atoms with van der Waals surface area (Å²) in [6.07, 6.45) is 0.272. The van der Waals surface area contributed by atoms with Gasteiger partial charge in [-0.15, -0.1) is 0 Å². The van der Waals surface area contributed by atoms with Crippen LogP contribution in [0.4, 0.5) is 31.5 Å². The summed E-state index contributed by atoms with van der Waals surface area (Å²) < 4.78 is 37.5. The summed E-state index contributed by atoms with van der Waals surface area (Å²) in [7, 11) is 0. The highest BCUT2D eigenvalue weighted by atomic mass is 19.1. The molecule has 0 aromatic heterocycles. The highest BCUT2D eigenvalue weighted by molar-refractivity contribution is 5.98.